The monoisotopic (exact) mass is 1370 g/mol. The van der Waals surface area contributed by atoms with Crippen molar-refractivity contribution < 1.29 is 4.74 Å². The third-order valence-corrected chi connectivity index (χ3v) is 24.4. The van der Waals surface area contributed by atoms with Gasteiger partial charge >= 0.3 is 0 Å². The van der Waals surface area contributed by atoms with Crippen molar-refractivity contribution in [1.82, 2.24) is 0 Å². The molecule has 5 nitrogen and oxygen atoms in total. The molecule has 0 fully saturated rings. The van der Waals surface area contributed by atoms with Gasteiger partial charge in [-0.3, -0.25) is 0 Å². The molecule has 5 heterocycles. The van der Waals surface area contributed by atoms with E-state index in [9.17, 15) is 0 Å². The summed E-state index contributed by atoms with van der Waals surface area (Å²) in [6.07, 6.45) is 0. The maximum absolute atomic E-state index is 7.99. The second kappa shape index (κ2) is 23.2. The summed E-state index contributed by atoms with van der Waals surface area (Å²) in [5.74, 6) is 1.65. The molecule has 0 N–H and O–H groups in total. The van der Waals surface area contributed by atoms with Gasteiger partial charge in [0.25, 0.3) is 6.71 Å². The molecule has 6 heteroatoms. The van der Waals surface area contributed by atoms with Crippen LogP contribution in [-0.2, 0) is 21.7 Å². The molecule has 0 saturated heterocycles. The Labute approximate surface area is 627 Å². The van der Waals surface area contributed by atoms with Gasteiger partial charge in [-0.25, -0.2) is 0 Å². The summed E-state index contributed by atoms with van der Waals surface area (Å²) in [5.41, 5.74) is 36.1. The van der Waals surface area contributed by atoms with Crippen LogP contribution in [-0.4, -0.2) is 6.71 Å². The fourth-order valence-corrected chi connectivity index (χ4v) is 19.4. The van der Waals surface area contributed by atoms with Gasteiger partial charge in [-0.05, 0) is 202 Å². The zero-order chi connectivity index (χ0) is 71.8. The van der Waals surface area contributed by atoms with Gasteiger partial charge in [-0.1, -0.05) is 285 Å². The number of hydrogen-bond acceptors (Lipinski definition) is 5. The number of nitrogens with zero attached hydrogens (tertiary/aromatic N) is 4. The van der Waals surface area contributed by atoms with Crippen molar-refractivity contribution >= 4 is 91.3 Å². The SMILES string of the molecule is CC(C)(C)c1cc(-c2ccccc2)c(N2c3cc(N4c5ccccc5C(C)(C)c5ccccc54)ccc3B3c4ccc(N5c6ccccc6C(C)(C)c6ccccc65)cc4Oc4cc(-c5ccc6c(c5)C5(c7ccccc7-c7ccccc75)c5ccccc5N6c5ccccc5)cc2c43)c(-c2ccccc2)c1. The Morgan fingerprint density at radius 2 is 0.692 bits per heavy atom. The minimum absolute atomic E-state index is 0.211. The molecular weight excluding hydrogens is 1300 g/mol. The van der Waals surface area contributed by atoms with Crippen LogP contribution in [0.25, 0.3) is 44.5 Å². The fraction of sp³-hybridized carbons (Fsp3) is 0.109. The summed E-state index contributed by atoms with van der Waals surface area (Å²) in [5, 5.41) is 0. The van der Waals surface area contributed by atoms with Crippen molar-refractivity contribution in [3.63, 3.8) is 0 Å². The lowest BCUT2D eigenvalue weighted by atomic mass is 9.34. The summed E-state index contributed by atoms with van der Waals surface area (Å²) >= 11 is 0. The Balaban J connectivity index is 0.882. The standard InChI is InChI=1S/C101H77BN4O/c1-98(2,3)68-60-74(64-31-11-8-12-32-64)97(75(61-68)65-33-13-9-14-34-65)106-92-62-70(104-86-46-26-21-41-78(86)99(4,5)79-42-22-27-47-87(79)104)52-54-84(92)102-85-55-53-71(105-88-48-28-23-43-80(88)100(6,7)81-44-24-29-49-89(81)105)63-94(85)107-95-59-67(58-93(106)96(95)102)66-51-56-91-83(57-66)101(76-39-19-17-37-72(76)73-38-18-20-40-77(73)101)82-45-25-30-50-90(82)103(91)69-35-15-10-16-36-69/h8-63H,1-7H3. The molecule has 15 aromatic rings. The molecule has 1 aliphatic carbocycles. The third kappa shape index (κ3) is 9.06. The molecule has 0 saturated carbocycles. The first-order valence-electron chi connectivity index (χ1n) is 37.8. The second-order valence-electron chi connectivity index (χ2n) is 31.9. The van der Waals surface area contributed by atoms with Gasteiger partial charge in [0.05, 0.1) is 45.2 Å². The minimum atomic E-state index is -0.688. The summed E-state index contributed by atoms with van der Waals surface area (Å²) < 4.78 is 7.99. The molecule has 0 amide bonds. The lowest BCUT2D eigenvalue weighted by Crippen LogP contribution is -2.59. The average molecular weight is 1370 g/mol. The molecule has 107 heavy (non-hydrogen) atoms. The zero-order valence-corrected chi connectivity index (χ0v) is 61.1. The van der Waals surface area contributed by atoms with Crippen molar-refractivity contribution in [3.8, 4) is 56.0 Å². The van der Waals surface area contributed by atoms with Crippen LogP contribution in [0.5, 0.6) is 11.5 Å². The number of fused-ring (bicyclic) bond motifs is 17. The molecule has 0 bridgehead atoms. The first-order chi connectivity index (χ1) is 52.2. The fourth-order valence-electron chi connectivity index (χ4n) is 19.4. The van der Waals surface area contributed by atoms with Crippen LogP contribution in [0, 0.1) is 0 Å². The summed E-state index contributed by atoms with van der Waals surface area (Å²) in [4.78, 5) is 10.2. The average Bonchev–Trinajstić information content (AvgIpc) is 1.58. The summed E-state index contributed by atoms with van der Waals surface area (Å²) in [6.45, 7) is 16.3. The van der Waals surface area contributed by atoms with E-state index in [4.69, 9.17) is 4.74 Å². The van der Waals surface area contributed by atoms with E-state index < -0.39 is 5.41 Å². The highest BCUT2D eigenvalue weighted by Crippen LogP contribution is 2.65. The van der Waals surface area contributed by atoms with Gasteiger partial charge in [0.1, 0.15) is 11.5 Å². The Hall–Kier alpha value is -12.6. The van der Waals surface area contributed by atoms with Gasteiger partial charge < -0.3 is 24.3 Å². The lowest BCUT2D eigenvalue weighted by Gasteiger charge is -2.45. The minimum Gasteiger partial charge on any atom is -0.458 e. The molecule has 6 aliphatic rings. The van der Waals surface area contributed by atoms with Crippen LogP contribution < -0.4 is 40.7 Å². The van der Waals surface area contributed by atoms with Crippen molar-refractivity contribution in [3.05, 3.63) is 390 Å². The predicted octanol–water partition coefficient (Wildman–Crippen LogP) is 24.8. The van der Waals surface area contributed by atoms with Gasteiger partial charge in [-0.2, -0.15) is 0 Å². The Morgan fingerprint density at radius 1 is 0.271 bits per heavy atom. The lowest BCUT2D eigenvalue weighted by molar-refractivity contribution is 0.488. The number of anilines is 12. The van der Waals surface area contributed by atoms with Crippen LogP contribution in [0.15, 0.2) is 340 Å². The smallest absolute Gasteiger partial charge is 0.256 e. The highest BCUT2D eigenvalue weighted by atomic mass is 16.5. The van der Waals surface area contributed by atoms with Crippen LogP contribution in [0.2, 0.25) is 0 Å². The van der Waals surface area contributed by atoms with E-state index in [0.717, 1.165) is 101 Å². The molecule has 1 spiro atoms. The topological polar surface area (TPSA) is 22.2 Å². The molecule has 15 aromatic carbocycles. The zero-order valence-electron chi connectivity index (χ0n) is 61.1. The van der Waals surface area contributed by atoms with E-state index >= 15 is 0 Å². The maximum atomic E-state index is 7.99. The predicted molar refractivity (Wildman–Crippen MR) is 446 cm³/mol. The second-order valence-corrected chi connectivity index (χ2v) is 31.9. The van der Waals surface area contributed by atoms with E-state index in [2.05, 4.69) is 408 Å². The van der Waals surface area contributed by atoms with E-state index in [1.807, 2.05) is 0 Å². The number of rotatable bonds is 7. The molecule has 0 aromatic heterocycles. The number of benzene rings is 15. The number of hydrogen-bond donors (Lipinski definition) is 0. The normalized spacial score (nSPS) is 15.1. The molecule has 0 atom stereocenters. The first-order valence-corrected chi connectivity index (χ1v) is 37.8. The molecule has 5 aliphatic heterocycles. The van der Waals surface area contributed by atoms with E-state index in [1.54, 1.807) is 0 Å². The molecule has 21 rings (SSSR count). The molecule has 0 radical (unpaired) electrons. The van der Waals surface area contributed by atoms with Crippen LogP contribution in [0.3, 0.4) is 0 Å². The van der Waals surface area contributed by atoms with E-state index in [-0.39, 0.29) is 23.0 Å². The van der Waals surface area contributed by atoms with Gasteiger partial charge in [0, 0.05) is 56.5 Å². The largest absolute Gasteiger partial charge is 0.458 e. The van der Waals surface area contributed by atoms with E-state index in [0.29, 0.717) is 0 Å². The summed E-state index contributed by atoms with van der Waals surface area (Å²) in [6, 6.07) is 128. The quantitative estimate of drug-likeness (QED) is 0.148. The van der Waals surface area contributed by atoms with Gasteiger partial charge in [-0.15, -0.1) is 0 Å². The molecular formula is C101H77BN4O. The highest BCUT2D eigenvalue weighted by Gasteiger charge is 2.53. The Morgan fingerprint density at radius 3 is 1.21 bits per heavy atom. The van der Waals surface area contributed by atoms with Crippen molar-refractivity contribution in [1.29, 1.82) is 0 Å². The van der Waals surface area contributed by atoms with Gasteiger partial charge in [0.2, 0.25) is 0 Å². The Bertz CT molecular complexity index is 6000. The van der Waals surface area contributed by atoms with Crippen molar-refractivity contribution in [2.75, 3.05) is 19.6 Å². The van der Waals surface area contributed by atoms with Crippen LogP contribution >= 0.6 is 0 Å². The Kier molecular flexibility index (Phi) is 13.6. The summed E-state index contributed by atoms with van der Waals surface area (Å²) in [7, 11) is 0. The van der Waals surface area contributed by atoms with Crippen LogP contribution in [0.4, 0.5) is 68.2 Å². The number of ether oxygens (including phenoxy) is 1. The molecule has 510 valence electrons. The van der Waals surface area contributed by atoms with Crippen LogP contribution in [0.1, 0.15) is 98.5 Å². The van der Waals surface area contributed by atoms with Gasteiger partial charge in [0.15, 0.2) is 0 Å². The van der Waals surface area contributed by atoms with Crippen molar-refractivity contribution in [2.24, 2.45) is 0 Å². The highest BCUT2D eigenvalue weighted by molar-refractivity contribution is 6.99. The third-order valence-electron chi connectivity index (χ3n) is 24.4. The first kappa shape index (κ1) is 62.9. The van der Waals surface area contributed by atoms with Crippen molar-refractivity contribution in [2.45, 2.75) is 70.1 Å². The number of para-hydroxylation sites is 6. The van der Waals surface area contributed by atoms with E-state index in [1.165, 1.54) is 89.4 Å². The maximum Gasteiger partial charge on any atom is 0.256 e. The molecule has 0 unspecified atom stereocenters.